The molecule has 1 saturated heterocycles. The van der Waals surface area contributed by atoms with Crippen LogP contribution in [0.3, 0.4) is 0 Å². The maximum absolute atomic E-state index is 12.4. The van der Waals surface area contributed by atoms with Crippen LogP contribution in [0.2, 0.25) is 0 Å². The summed E-state index contributed by atoms with van der Waals surface area (Å²) < 4.78 is 1.38. The van der Waals surface area contributed by atoms with Crippen LogP contribution in [0.1, 0.15) is 12.6 Å². The molecule has 1 aliphatic rings. The fraction of sp³-hybridized carbons (Fsp3) is 0.389. The fourth-order valence-corrected chi connectivity index (χ4v) is 2.87. The van der Waals surface area contributed by atoms with E-state index in [0.29, 0.717) is 19.5 Å². The van der Waals surface area contributed by atoms with Crippen molar-refractivity contribution in [1.29, 1.82) is 0 Å². The van der Waals surface area contributed by atoms with Crippen molar-refractivity contribution in [3.05, 3.63) is 58.8 Å². The van der Waals surface area contributed by atoms with Crippen LogP contribution >= 0.6 is 0 Å². The van der Waals surface area contributed by atoms with E-state index in [9.17, 15) is 9.59 Å². The van der Waals surface area contributed by atoms with Gasteiger partial charge in [0.1, 0.15) is 6.54 Å². The van der Waals surface area contributed by atoms with Crippen LogP contribution in [-0.2, 0) is 17.8 Å². The number of amides is 1. The zero-order valence-electron chi connectivity index (χ0n) is 13.9. The first kappa shape index (κ1) is 16.2. The SMILES string of the molecule is CCc1cc(=O)n(CC(=O)N2CCN(c3ccccc3)CC2)cn1. The average molecular weight is 326 g/mol. The van der Waals surface area contributed by atoms with E-state index >= 15 is 0 Å². The zero-order valence-corrected chi connectivity index (χ0v) is 13.9. The van der Waals surface area contributed by atoms with Crippen molar-refractivity contribution in [1.82, 2.24) is 14.5 Å². The number of piperazine rings is 1. The van der Waals surface area contributed by atoms with E-state index in [1.54, 1.807) is 0 Å². The number of hydrogen-bond donors (Lipinski definition) is 0. The molecule has 0 radical (unpaired) electrons. The van der Waals surface area contributed by atoms with E-state index in [1.165, 1.54) is 22.6 Å². The summed E-state index contributed by atoms with van der Waals surface area (Å²) >= 11 is 0. The molecule has 1 aliphatic heterocycles. The third-order valence-corrected chi connectivity index (χ3v) is 4.36. The van der Waals surface area contributed by atoms with Gasteiger partial charge >= 0.3 is 0 Å². The molecule has 0 unspecified atom stereocenters. The number of rotatable bonds is 4. The van der Waals surface area contributed by atoms with Crippen LogP contribution in [0.25, 0.3) is 0 Å². The molecule has 0 N–H and O–H groups in total. The number of aryl methyl sites for hydroxylation is 1. The van der Waals surface area contributed by atoms with Gasteiger partial charge in [-0.25, -0.2) is 4.98 Å². The van der Waals surface area contributed by atoms with Crippen molar-refractivity contribution in [3.63, 3.8) is 0 Å². The minimum Gasteiger partial charge on any atom is -0.368 e. The normalized spacial score (nSPS) is 14.7. The van der Waals surface area contributed by atoms with E-state index in [-0.39, 0.29) is 18.0 Å². The first-order valence-electron chi connectivity index (χ1n) is 8.30. The summed E-state index contributed by atoms with van der Waals surface area (Å²) in [5, 5.41) is 0. The van der Waals surface area contributed by atoms with Gasteiger partial charge in [0.05, 0.1) is 6.33 Å². The van der Waals surface area contributed by atoms with Gasteiger partial charge in [0, 0.05) is 43.6 Å². The van der Waals surface area contributed by atoms with E-state index in [0.717, 1.165) is 18.8 Å². The summed E-state index contributed by atoms with van der Waals surface area (Å²) in [6.07, 6.45) is 2.19. The summed E-state index contributed by atoms with van der Waals surface area (Å²) in [6, 6.07) is 11.7. The average Bonchev–Trinajstić information content (AvgIpc) is 2.64. The minimum absolute atomic E-state index is 0.0316. The summed E-state index contributed by atoms with van der Waals surface area (Å²) in [4.78, 5) is 32.7. The van der Waals surface area contributed by atoms with Gasteiger partial charge in [-0.15, -0.1) is 0 Å². The Morgan fingerprint density at radius 3 is 2.46 bits per heavy atom. The number of aromatic nitrogens is 2. The molecule has 0 aliphatic carbocycles. The lowest BCUT2D eigenvalue weighted by Gasteiger charge is -2.36. The maximum atomic E-state index is 12.4. The van der Waals surface area contributed by atoms with Crippen molar-refractivity contribution < 1.29 is 4.79 Å². The standard InChI is InChI=1S/C18H22N4O2/c1-2-15-12-17(23)22(14-19-15)13-18(24)21-10-8-20(9-11-21)16-6-4-3-5-7-16/h3-7,12,14H,2,8-11,13H2,1H3. The number of hydrogen-bond acceptors (Lipinski definition) is 4. The number of nitrogens with zero attached hydrogens (tertiary/aromatic N) is 4. The van der Waals surface area contributed by atoms with Crippen LogP contribution in [0, 0.1) is 0 Å². The van der Waals surface area contributed by atoms with Crippen LogP contribution < -0.4 is 10.5 Å². The fourth-order valence-electron chi connectivity index (χ4n) is 2.87. The van der Waals surface area contributed by atoms with Crippen molar-refractivity contribution in [2.24, 2.45) is 0 Å². The topological polar surface area (TPSA) is 58.4 Å². The monoisotopic (exact) mass is 326 g/mol. The van der Waals surface area contributed by atoms with Crippen LogP contribution in [0.4, 0.5) is 5.69 Å². The lowest BCUT2D eigenvalue weighted by molar-refractivity contribution is -0.132. The van der Waals surface area contributed by atoms with Gasteiger partial charge in [0.2, 0.25) is 5.91 Å². The molecule has 2 aromatic rings. The predicted octanol–water partition coefficient (Wildman–Crippen LogP) is 1.15. The summed E-state index contributed by atoms with van der Waals surface area (Å²) in [5.41, 5.74) is 1.76. The molecule has 6 heteroatoms. The summed E-state index contributed by atoms with van der Waals surface area (Å²) in [6.45, 7) is 4.95. The van der Waals surface area contributed by atoms with Gasteiger partial charge in [-0.2, -0.15) is 0 Å². The van der Waals surface area contributed by atoms with Gasteiger partial charge < -0.3 is 9.80 Å². The first-order chi connectivity index (χ1) is 11.7. The molecular formula is C18H22N4O2. The van der Waals surface area contributed by atoms with Gasteiger partial charge in [0.15, 0.2) is 0 Å². The number of carbonyl (C=O) groups is 1. The first-order valence-corrected chi connectivity index (χ1v) is 8.30. The molecule has 6 nitrogen and oxygen atoms in total. The third kappa shape index (κ3) is 3.64. The lowest BCUT2D eigenvalue weighted by atomic mass is 10.2. The predicted molar refractivity (Wildman–Crippen MR) is 93.1 cm³/mol. The van der Waals surface area contributed by atoms with Gasteiger partial charge in [-0.05, 0) is 18.6 Å². The molecule has 2 heterocycles. The Hall–Kier alpha value is -2.63. The Morgan fingerprint density at radius 2 is 1.83 bits per heavy atom. The molecule has 0 bridgehead atoms. The Labute approximate surface area is 141 Å². The van der Waals surface area contributed by atoms with Crippen molar-refractivity contribution in [3.8, 4) is 0 Å². The molecule has 1 amide bonds. The second-order valence-electron chi connectivity index (χ2n) is 5.90. The quantitative estimate of drug-likeness (QED) is 0.846. The third-order valence-electron chi connectivity index (χ3n) is 4.36. The largest absolute Gasteiger partial charge is 0.368 e. The highest BCUT2D eigenvalue weighted by Gasteiger charge is 2.21. The number of para-hydroxylation sites is 1. The number of anilines is 1. The van der Waals surface area contributed by atoms with Crippen LogP contribution in [0.15, 0.2) is 47.5 Å². The highest BCUT2D eigenvalue weighted by Crippen LogP contribution is 2.15. The molecule has 1 aromatic carbocycles. The second kappa shape index (κ2) is 7.29. The number of benzene rings is 1. The highest BCUT2D eigenvalue weighted by molar-refractivity contribution is 5.76. The lowest BCUT2D eigenvalue weighted by Crippen LogP contribution is -2.50. The van der Waals surface area contributed by atoms with Crippen molar-refractivity contribution in [2.75, 3.05) is 31.1 Å². The smallest absolute Gasteiger partial charge is 0.253 e. The van der Waals surface area contributed by atoms with Crippen LogP contribution in [0.5, 0.6) is 0 Å². The molecular weight excluding hydrogens is 304 g/mol. The highest BCUT2D eigenvalue weighted by atomic mass is 16.2. The molecule has 1 fully saturated rings. The van der Waals surface area contributed by atoms with Gasteiger partial charge in [0.25, 0.3) is 5.56 Å². The minimum atomic E-state index is -0.168. The number of carbonyl (C=O) groups excluding carboxylic acids is 1. The van der Waals surface area contributed by atoms with Crippen molar-refractivity contribution >= 4 is 11.6 Å². The molecule has 126 valence electrons. The maximum Gasteiger partial charge on any atom is 0.253 e. The van der Waals surface area contributed by atoms with E-state index in [1.807, 2.05) is 30.0 Å². The van der Waals surface area contributed by atoms with E-state index in [4.69, 9.17) is 0 Å². The zero-order chi connectivity index (χ0) is 16.9. The van der Waals surface area contributed by atoms with Crippen LogP contribution in [-0.4, -0.2) is 46.5 Å². The summed E-state index contributed by atoms with van der Waals surface area (Å²) in [5.74, 6) is -0.0316. The summed E-state index contributed by atoms with van der Waals surface area (Å²) in [7, 11) is 0. The van der Waals surface area contributed by atoms with E-state index in [2.05, 4.69) is 22.0 Å². The van der Waals surface area contributed by atoms with E-state index < -0.39 is 0 Å². The van der Waals surface area contributed by atoms with Gasteiger partial charge in [-0.1, -0.05) is 25.1 Å². The molecule has 0 atom stereocenters. The molecule has 24 heavy (non-hydrogen) atoms. The Bertz CT molecular complexity index is 749. The molecule has 0 saturated carbocycles. The molecule has 1 aromatic heterocycles. The Balaban J connectivity index is 1.58. The molecule has 3 rings (SSSR count). The molecule has 0 spiro atoms. The van der Waals surface area contributed by atoms with Gasteiger partial charge in [-0.3, -0.25) is 14.2 Å². The van der Waals surface area contributed by atoms with Crippen molar-refractivity contribution in [2.45, 2.75) is 19.9 Å². The Morgan fingerprint density at radius 1 is 1.12 bits per heavy atom. The Kier molecular flexibility index (Phi) is 4.93. The second-order valence-corrected chi connectivity index (χ2v) is 5.90.